The van der Waals surface area contributed by atoms with Gasteiger partial charge in [0.15, 0.2) is 0 Å². The first-order valence-electron chi connectivity index (χ1n) is 7.81. The quantitative estimate of drug-likeness (QED) is 0.803. The van der Waals surface area contributed by atoms with Crippen LogP contribution in [0, 0.1) is 5.92 Å². The highest BCUT2D eigenvalue weighted by atomic mass is 16.5. The number of nitrogens with one attached hydrogen (secondary N) is 1. The minimum Gasteiger partial charge on any atom is -0.368 e. The molecule has 0 aliphatic carbocycles. The maximum atomic E-state index is 6.32. The molecule has 1 aliphatic heterocycles. The van der Waals surface area contributed by atoms with Gasteiger partial charge in [-0.3, -0.25) is 0 Å². The maximum absolute atomic E-state index is 6.32. The van der Waals surface area contributed by atoms with Crippen LogP contribution in [0.25, 0.3) is 0 Å². The first-order valence-corrected chi connectivity index (χ1v) is 7.81. The number of hydrogen-bond acceptors (Lipinski definition) is 3. The van der Waals surface area contributed by atoms with Crippen LogP contribution < -0.4 is 5.32 Å². The predicted molar refractivity (Wildman–Crippen MR) is 82.6 cm³/mol. The van der Waals surface area contributed by atoms with E-state index < -0.39 is 0 Å². The van der Waals surface area contributed by atoms with Gasteiger partial charge in [0.25, 0.3) is 0 Å². The lowest BCUT2D eigenvalue weighted by Crippen LogP contribution is -2.51. The molecule has 114 valence electrons. The van der Waals surface area contributed by atoms with E-state index in [-0.39, 0.29) is 11.2 Å². The van der Waals surface area contributed by atoms with Crippen LogP contribution in [0.15, 0.2) is 0 Å². The lowest BCUT2D eigenvalue weighted by Gasteiger charge is -2.36. The van der Waals surface area contributed by atoms with E-state index in [1.807, 2.05) is 0 Å². The summed E-state index contributed by atoms with van der Waals surface area (Å²) in [4.78, 5) is 2.58. The minimum absolute atomic E-state index is 0.0714. The average Bonchev–Trinajstić information content (AvgIpc) is 2.48. The van der Waals surface area contributed by atoms with E-state index in [2.05, 4.69) is 65.7 Å². The van der Waals surface area contributed by atoms with Gasteiger partial charge in [-0.2, -0.15) is 0 Å². The molecule has 19 heavy (non-hydrogen) atoms. The van der Waals surface area contributed by atoms with Crippen LogP contribution in [0.3, 0.4) is 0 Å². The van der Waals surface area contributed by atoms with Crippen molar-refractivity contribution >= 4 is 0 Å². The molecular weight excluding hydrogens is 236 g/mol. The average molecular weight is 270 g/mol. The molecule has 1 fully saturated rings. The van der Waals surface area contributed by atoms with Crippen molar-refractivity contribution in [3.05, 3.63) is 0 Å². The molecule has 3 heteroatoms. The van der Waals surface area contributed by atoms with Crippen LogP contribution in [-0.4, -0.2) is 48.3 Å². The number of ether oxygens (including phenoxy) is 1. The zero-order chi connectivity index (χ0) is 14.8. The zero-order valence-corrected chi connectivity index (χ0v) is 14.2. The molecular formula is C16H34N2O. The number of likely N-dealkylation sites (N-methyl/N-ethyl adjacent to an activating group) is 1. The summed E-state index contributed by atoms with van der Waals surface area (Å²) < 4.78 is 6.32. The molecule has 0 amide bonds. The van der Waals surface area contributed by atoms with Crippen molar-refractivity contribution < 1.29 is 4.74 Å². The van der Waals surface area contributed by atoms with Crippen molar-refractivity contribution in [2.75, 3.05) is 20.1 Å². The smallest absolute Gasteiger partial charge is 0.0790 e. The Kier molecular flexibility index (Phi) is 5.44. The molecule has 0 bridgehead atoms. The van der Waals surface area contributed by atoms with Crippen LogP contribution in [-0.2, 0) is 4.74 Å². The van der Waals surface area contributed by atoms with E-state index in [9.17, 15) is 0 Å². The first kappa shape index (κ1) is 16.9. The summed E-state index contributed by atoms with van der Waals surface area (Å²) in [6, 6.07) is 1.04. The van der Waals surface area contributed by atoms with Crippen molar-refractivity contribution in [3.63, 3.8) is 0 Å². The van der Waals surface area contributed by atoms with Gasteiger partial charge in [-0.1, -0.05) is 13.8 Å². The summed E-state index contributed by atoms with van der Waals surface area (Å²) in [6.07, 6.45) is 1.20. The summed E-state index contributed by atoms with van der Waals surface area (Å²) in [5, 5.41) is 3.49. The van der Waals surface area contributed by atoms with E-state index in [1.54, 1.807) is 0 Å². The lowest BCUT2D eigenvalue weighted by atomic mass is 9.82. The van der Waals surface area contributed by atoms with Crippen LogP contribution >= 0.6 is 0 Å². The van der Waals surface area contributed by atoms with Crippen LogP contribution in [0.1, 0.15) is 54.9 Å². The molecule has 3 atom stereocenters. The van der Waals surface area contributed by atoms with Gasteiger partial charge in [0.05, 0.1) is 11.2 Å². The Morgan fingerprint density at radius 2 is 1.74 bits per heavy atom. The molecule has 1 rings (SSSR count). The van der Waals surface area contributed by atoms with Crippen LogP contribution in [0.2, 0.25) is 0 Å². The second-order valence-electron chi connectivity index (χ2n) is 7.03. The first-order chi connectivity index (χ1) is 8.69. The largest absolute Gasteiger partial charge is 0.368 e. The number of hydrogen-bond donors (Lipinski definition) is 1. The van der Waals surface area contributed by atoms with Gasteiger partial charge in [-0.05, 0) is 54.6 Å². The van der Waals surface area contributed by atoms with E-state index in [0.717, 1.165) is 13.1 Å². The molecule has 0 saturated carbocycles. The second-order valence-corrected chi connectivity index (χ2v) is 7.03. The fourth-order valence-corrected chi connectivity index (χ4v) is 3.71. The Hall–Kier alpha value is -0.120. The highest BCUT2D eigenvalue weighted by molar-refractivity contribution is 5.05. The van der Waals surface area contributed by atoms with Gasteiger partial charge < -0.3 is 15.0 Å². The third-order valence-corrected chi connectivity index (χ3v) is 4.93. The third kappa shape index (κ3) is 3.50. The minimum atomic E-state index is -0.0994. The molecule has 3 unspecified atom stereocenters. The summed E-state index contributed by atoms with van der Waals surface area (Å²) in [7, 11) is 2.06. The van der Waals surface area contributed by atoms with Gasteiger partial charge in [0.1, 0.15) is 0 Å². The summed E-state index contributed by atoms with van der Waals surface area (Å²) in [5.41, 5.74) is -0.171. The number of rotatable bonds is 6. The fourth-order valence-electron chi connectivity index (χ4n) is 3.71. The van der Waals surface area contributed by atoms with Gasteiger partial charge >= 0.3 is 0 Å². The maximum Gasteiger partial charge on any atom is 0.0790 e. The molecule has 0 aromatic heterocycles. The second kappa shape index (κ2) is 6.11. The van der Waals surface area contributed by atoms with E-state index in [0.29, 0.717) is 18.0 Å². The van der Waals surface area contributed by atoms with Crippen molar-refractivity contribution in [1.82, 2.24) is 10.2 Å². The van der Waals surface area contributed by atoms with E-state index in [4.69, 9.17) is 4.74 Å². The topological polar surface area (TPSA) is 24.5 Å². The molecule has 0 aromatic rings. The molecule has 1 aliphatic rings. The van der Waals surface area contributed by atoms with Gasteiger partial charge in [-0.25, -0.2) is 0 Å². The molecule has 1 heterocycles. The Morgan fingerprint density at radius 1 is 1.16 bits per heavy atom. The van der Waals surface area contributed by atoms with Crippen molar-refractivity contribution in [2.45, 2.75) is 78.2 Å². The van der Waals surface area contributed by atoms with Crippen molar-refractivity contribution in [3.8, 4) is 0 Å². The molecule has 1 N–H and O–H groups in total. The molecule has 0 aromatic carbocycles. The van der Waals surface area contributed by atoms with Gasteiger partial charge in [0, 0.05) is 24.5 Å². The summed E-state index contributed by atoms with van der Waals surface area (Å²) >= 11 is 0. The standard InChI is InChI=1S/C16H34N2O/c1-9-12(3)18(10-2)11-13-14(17-8)16(6,7)19-15(13,4)5/h12-14,17H,9-11H2,1-8H3. The monoisotopic (exact) mass is 270 g/mol. The highest BCUT2D eigenvalue weighted by Crippen LogP contribution is 2.42. The van der Waals surface area contributed by atoms with Crippen molar-refractivity contribution in [1.29, 1.82) is 0 Å². The normalized spacial score (nSPS) is 30.8. The van der Waals surface area contributed by atoms with E-state index >= 15 is 0 Å². The predicted octanol–water partition coefficient (Wildman–Crippen LogP) is 2.90. The Bertz CT molecular complexity index is 288. The highest BCUT2D eigenvalue weighted by Gasteiger charge is 2.53. The Balaban J connectivity index is 2.89. The van der Waals surface area contributed by atoms with Crippen LogP contribution in [0.5, 0.6) is 0 Å². The Labute approximate surface area is 120 Å². The molecule has 0 radical (unpaired) electrons. The van der Waals surface area contributed by atoms with Crippen molar-refractivity contribution in [2.24, 2.45) is 5.92 Å². The summed E-state index contributed by atoms with van der Waals surface area (Å²) in [5.74, 6) is 0.515. The molecule has 1 saturated heterocycles. The van der Waals surface area contributed by atoms with Gasteiger partial charge in [-0.15, -0.1) is 0 Å². The molecule has 3 nitrogen and oxygen atoms in total. The summed E-state index contributed by atoms with van der Waals surface area (Å²) in [6.45, 7) is 17.9. The Morgan fingerprint density at radius 3 is 2.16 bits per heavy atom. The molecule has 0 spiro atoms. The SMILES string of the molecule is CCC(C)N(CC)CC1C(NC)C(C)(C)OC1(C)C. The lowest BCUT2D eigenvalue weighted by molar-refractivity contribution is -0.0799. The van der Waals surface area contributed by atoms with E-state index in [1.165, 1.54) is 6.42 Å². The zero-order valence-electron chi connectivity index (χ0n) is 14.2. The van der Waals surface area contributed by atoms with Gasteiger partial charge in [0.2, 0.25) is 0 Å². The number of nitrogens with zero attached hydrogens (tertiary/aromatic N) is 1. The third-order valence-electron chi connectivity index (χ3n) is 4.93. The fraction of sp³-hybridized carbons (Fsp3) is 1.00. The van der Waals surface area contributed by atoms with Crippen LogP contribution in [0.4, 0.5) is 0 Å².